The van der Waals surface area contributed by atoms with E-state index in [1.165, 1.54) is 21.4 Å². The van der Waals surface area contributed by atoms with Gasteiger partial charge in [-0.05, 0) is 59.5 Å². The summed E-state index contributed by atoms with van der Waals surface area (Å²) >= 11 is 5.01. The Morgan fingerprint density at radius 2 is 2.16 bits per heavy atom. The van der Waals surface area contributed by atoms with Crippen molar-refractivity contribution in [3.05, 3.63) is 55.4 Å². The zero-order valence-corrected chi connectivity index (χ0v) is 13.2. The van der Waals surface area contributed by atoms with Crippen LogP contribution < -0.4 is 11.3 Å². The van der Waals surface area contributed by atoms with E-state index in [1.54, 1.807) is 17.4 Å². The fourth-order valence-electron chi connectivity index (χ4n) is 1.94. The molecule has 1 atom stereocenters. The fraction of sp³-hybridized carbons (Fsp3) is 0.286. The third-order valence-corrected chi connectivity index (χ3v) is 5.34. The second-order valence-electron chi connectivity index (χ2n) is 4.52. The molecule has 0 saturated carbocycles. The number of nitrogens with one attached hydrogen (secondary N) is 1. The first-order valence-electron chi connectivity index (χ1n) is 5.99. The van der Waals surface area contributed by atoms with Crippen LogP contribution in [0.3, 0.4) is 0 Å². The molecule has 1 aromatic carbocycles. The van der Waals surface area contributed by atoms with E-state index in [4.69, 9.17) is 5.84 Å². The van der Waals surface area contributed by atoms with Crippen LogP contribution in [0.1, 0.15) is 26.9 Å². The highest BCUT2D eigenvalue weighted by Crippen LogP contribution is 2.30. The van der Waals surface area contributed by atoms with Gasteiger partial charge in [-0.15, -0.1) is 11.3 Å². The van der Waals surface area contributed by atoms with Crippen LogP contribution in [0.2, 0.25) is 0 Å². The number of aryl methyl sites for hydroxylation is 2. The van der Waals surface area contributed by atoms with Crippen LogP contribution in [-0.4, -0.2) is 0 Å². The molecule has 2 rings (SSSR count). The fourth-order valence-corrected chi connectivity index (χ4v) is 3.47. The first-order chi connectivity index (χ1) is 9.02. The molecular formula is C14H16BrFN2S. The molecule has 0 aliphatic carbocycles. The number of hydrazine groups is 1. The van der Waals surface area contributed by atoms with E-state index >= 15 is 0 Å². The van der Waals surface area contributed by atoms with E-state index in [9.17, 15) is 4.39 Å². The molecule has 5 heteroatoms. The van der Waals surface area contributed by atoms with Gasteiger partial charge >= 0.3 is 0 Å². The largest absolute Gasteiger partial charge is 0.271 e. The molecule has 0 fully saturated rings. The topological polar surface area (TPSA) is 38.0 Å². The lowest BCUT2D eigenvalue weighted by atomic mass is 10.0. The summed E-state index contributed by atoms with van der Waals surface area (Å²) in [6, 6.07) is 7.20. The number of thiophene rings is 1. The average molecular weight is 343 g/mol. The summed E-state index contributed by atoms with van der Waals surface area (Å²) in [5.41, 5.74) is 4.99. The van der Waals surface area contributed by atoms with Gasteiger partial charge in [0, 0.05) is 9.75 Å². The van der Waals surface area contributed by atoms with Crippen molar-refractivity contribution in [1.82, 2.24) is 5.43 Å². The predicted molar refractivity (Wildman–Crippen MR) is 81.7 cm³/mol. The van der Waals surface area contributed by atoms with E-state index in [1.807, 2.05) is 6.07 Å². The molecule has 0 aliphatic heterocycles. The summed E-state index contributed by atoms with van der Waals surface area (Å²) in [6.45, 7) is 4.18. The van der Waals surface area contributed by atoms with Crippen molar-refractivity contribution in [1.29, 1.82) is 0 Å². The van der Waals surface area contributed by atoms with Gasteiger partial charge in [0.25, 0.3) is 0 Å². The van der Waals surface area contributed by atoms with Crippen molar-refractivity contribution in [3.63, 3.8) is 0 Å². The highest BCUT2D eigenvalue weighted by atomic mass is 79.9. The molecular weight excluding hydrogens is 327 g/mol. The van der Waals surface area contributed by atoms with Crippen LogP contribution in [0.25, 0.3) is 0 Å². The van der Waals surface area contributed by atoms with Gasteiger partial charge in [0.2, 0.25) is 0 Å². The molecule has 0 spiro atoms. The Morgan fingerprint density at radius 3 is 2.74 bits per heavy atom. The third kappa shape index (κ3) is 3.23. The number of rotatable bonds is 4. The summed E-state index contributed by atoms with van der Waals surface area (Å²) in [6.07, 6.45) is 0.647. The lowest BCUT2D eigenvalue weighted by Gasteiger charge is -2.15. The monoisotopic (exact) mass is 342 g/mol. The summed E-state index contributed by atoms with van der Waals surface area (Å²) < 4.78 is 14.0. The molecule has 0 aliphatic rings. The Labute approximate surface area is 124 Å². The van der Waals surface area contributed by atoms with Gasteiger partial charge in [0.15, 0.2) is 0 Å². The third-order valence-electron chi connectivity index (χ3n) is 3.19. The van der Waals surface area contributed by atoms with Crippen LogP contribution in [0.4, 0.5) is 4.39 Å². The molecule has 1 heterocycles. The molecule has 0 radical (unpaired) electrons. The predicted octanol–water partition coefficient (Wildman–Crippen LogP) is 4.01. The van der Waals surface area contributed by atoms with Crippen LogP contribution in [0.15, 0.2) is 28.7 Å². The van der Waals surface area contributed by atoms with E-state index in [2.05, 4.69) is 41.3 Å². The molecule has 102 valence electrons. The standard InChI is InChI=1S/C14H16BrFN2S/c1-8-6-13(19-9(8)2)12(18-17)7-10-4-3-5-11(16)14(10)15/h3-6,12,18H,7,17H2,1-2H3. The number of hydrogen-bond donors (Lipinski definition) is 2. The van der Waals surface area contributed by atoms with Crippen molar-refractivity contribution in [2.75, 3.05) is 0 Å². The van der Waals surface area contributed by atoms with Gasteiger partial charge in [0.1, 0.15) is 5.82 Å². The maximum atomic E-state index is 13.5. The molecule has 2 nitrogen and oxygen atoms in total. The van der Waals surface area contributed by atoms with E-state index in [0.29, 0.717) is 10.9 Å². The zero-order chi connectivity index (χ0) is 14.0. The van der Waals surface area contributed by atoms with E-state index < -0.39 is 0 Å². The maximum absolute atomic E-state index is 13.5. The number of nitrogens with two attached hydrogens (primary N) is 1. The normalized spacial score (nSPS) is 12.7. The Morgan fingerprint density at radius 1 is 1.42 bits per heavy atom. The lowest BCUT2D eigenvalue weighted by molar-refractivity contribution is 0.554. The van der Waals surface area contributed by atoms with Crippen molar-refractivity contribution < 1.29 is 4.39 Å². The number of benzene rings is 1. The minimum Gasteiger partial charge on any atom is -0.271 e. The van der Waals surface area contributed by atoms with Crippen LogP contribution in [-0.2, 0) is 6.42 Å². The van der Waals surface area contributed by atoms with Crippen LogP contribution in [0, 0.1) is 19.7 Å². The minimum absolute atomic E-state index is 0.00417. The Hall–Kier alpha value is -0.750. The van der Waals surface area contributed by atoms with Crippen molar-refractivity contribution >= 4 is 27.3 Å². The Balaban J connectivity index is 2.26. The van der Waals surface area contributed by atoms with Crippen molar-refractivity contribution in [2.24, 2.45) is 5.84 Å². The SMILES string of the molecule is Cc1cc(C(Cc2cccc(F)c2Br)NN)sc1C. The molecule has 19 heavy (non-hydrogen) atoms. The summed E-state index contributed by atoms with van der Waals surface area (Å²) in [5.74, 6) is 5.40. The number of halogens is 2. The Bertz CT molecular complexity index is 563. The molecule has 0 saturated heterocycles. The second-order valence-corrected chi connectivity index (χ2v) is 6.61. The first kappa shape index (κ1) is 14.7. The number of hydrogen-bond acceptors (Lipinski definition) is 3. The van der Waals surface area contributed by atoms with Gasteiger partial charge in [-0.25, -0.2) is 4.39 Å². The average Bonchev–Trinajstić information content (AvgIpc) is 2.71. The van der Waals surface area contributed by atoms with Crippen LogP contribution >= 0.6 is 27.3 Å². The van der Waals surface area contributed by atoms with E-state index in [-0.39, 0.29) is 11.9 Å². The van der Waals surface area contributed by atoms with Gasteiger partial charge in [-0.2, -0.15) is 0 Å². The summed E-state index contributed by atoms with van der Waals surface area (Å²) in [7, 11) is 0. The molecule has 1 aromatic heterocycles. The molecule has 1 unspecified atom stereocenters. The first-order valence-corrected chi connectivity index (χ1v) is 7.59. The molecule has 3 N–H and O–H groups in total. The van der Waals surface area contributed by atoms with Gasteiger partial charge in [0.05, 0.1) is 10.5 Å². The van der Waals surface area contributed by atoms with Gasteiger partial charge in [-0.1, -0.05) is 12.1 Å². The Kier molecular flexibility index (Phi) is 4.73. The summed E-state index contributed by atoms with van der Waals surface area (Å²) in [5, 5.41) is 0. The van der Waals surface area contributed by atoms with Gasteiger partial charge < -0.3 is 0 Å². The highest BCUT2D eigenvalue weighted by molar-refractivity contribution is 9.10. The van der Waals surface area contributed by atoms with Gasteiger partial charge in [-0.3, -0.25) is 11.3 Å². The molecule has 2 aromatic rings. The zero-order valence-electron chi connectivity index (χ0n) is 10.8. The smallest absolute Gasteiger partial charge is 0.137 e. The quantitative estimate of drug-likeness (QED) is 0.650. The molecule has 0 bridgehead atoms. The lowest BCUT2D eigenvalue weighted by Crippen LogP contribution is -2.29. The van der Waals surface area contributed by atoms with Crippen molar-refractivity contribution in [2.45, 2.75) is 26.3 Å². The maximum Gasteiger partial charge on any atom is 0.137 e. The highest BCUT2D eigenvalue weighted by Gasteiger charge is 2.16. The summed E-state index contributed by atoms with van der Waals surface area (Å²) in [4.78, 5) is 2.46. The van der Waals surface area contributed by atoms with Crippen molar-refractivity contribution in [3.8, 4) is 0 Å². The second kappa shape index (κ2) is 6.13. The molecule has 0 amide bonds. The van der Waals surface area contributed by atoms with E-state index in [0.717, 1.165) is 5.56 Å². The van der Waals surface area contributed by atoms with Crippen LogP contribution in [0.5, 0.6) is 0 Å². The minimum atomic E-state index is -0.244.